The first-order chi connectivity index (χ1) is 8.52. The molecule has 1 fully saturated rings. The van der Waals surface area contributed by atoms with Crippen molar-refractivity contribution in [1.29, 1.82) is 0 Å². The van der Waals surface area contributed by atoms with Crippen molar-refractivity contribution in [2.75, 3.05) is 20.6 Å². The van der Waals surface area contributed by atoms with Gasteiger partial charge >= 0.3 is 0 Å². The normalized spacial score (nSPS) is 16.7. The van der Waals surface area contributed by atoms with Gasteiger partial charge in [-0.3, -0.25) is 4.99 Å². The zero-order valence-corrected chi connectivity index (χ0v) is 15.2. The summed E-state index contributed by atoms with van der Waals surface area (Å²) >= 11 is 1.70. The minimum absolute atomic E-state index is 0. The summed E-state index contributed by atoms with van der Waals surface area (Å²) in [6, 6.07) is 0. The van der Waals surface area contributed by atoms with Gasteiger partial charge in [0.1, 0.15) is 0 Å². The molecule has 1 N–H and O–H groups in total. The standard InChI is InChI=1S/C13H22N4S.HI/c1-10-16-11(8-18-10)7-17(4)12(14-3)15-9-13(2)5-6-13;/h8H,5-7,9H2,1-4H3,(H,14,15);1H. The molecule has 4 nitrogen and oxygen atoms in total. The number of thiazole rings is 1. The monoisotopic (exact) mass is 394 g/mol. The van der Waals surface area contributed by atoms with Gasteiger partial charge in [0.25, 0.3) is 0 Å². The van der Waals surface area contributed by atoms with Gasteiger partial charge in [-0.1, -0.05) is 6.92 Å². The molecule has 1 aromatic heterocycles. The first-order valence-electron chi connectivity index (χ1n) is 6.35. The minimum Gasteiger partial charge on any atom is -0.356 e. The van der Waals surface area contributed by atoms with Gasteiger partial charge in [-0.15, -0.1) is 35.3 Å². The fraction of sp³-hybridized carbons (Fsp3) is 0.692. The van der Waals surface area contributed by atoms with E-state index in [1.165, 1.54) is 12.8 Å². The quantitative estimate of drug-likeness (QED) is 0.485. The van der Waals surface area contributed by atoms with Crippen molar-refractivity contribution in [2.45, 2.75) is 33.2 Å². The van der Waals surface area contributed by atoms with Crippen LogP contribution in [0.3, 0.4) is 0 Å². The number of hydrogen-bond donors (Lipinski definition) is 1. The van der Waals surface area contributed by atoms with Crippen molar-refractivity contribution in [1.82, 2.24) is 15.2 Å². The van der Waals surface area contributed by atoms with E-state index in [1.54, 1.807) is 11.3 Å². The second-order valence-corrected chi connectivity index (χ2v) is 6.49. The van der Waals surface area contributed by atoms with E-state index in [2.05, 4.69) is 39.5 Å². The lowest BCUT2D eigenvalue weighted by molar-refractivity contribution is 0.453. The highest BCUT2D eigenvalue weighted by Crippen LogP contribution is 2.44. The van der Waals surface area contributed by atoms with Gasteiger partial charge in [0.2, 0.25) is 0 Å². The molecule has 1 aliphatic carbocycles. The molecular formula is C13H23IN4S. The molecule has 6 heteroatoms. The number of aliphatic imine (C=N–C) groups is 1. The van der Waals surface area contributed by atoms with Gasteiger partial charge in [-0.05, 0) is 25.2 Å². The van der Waals surface area contributed by atoms with E-state index in [0.29, 0.717) is 5.41 Å². The predicted molar refractivity (Wildman–Crippen MR) is 92.4 cm³/mol. The molecule has 0 radical (unpaired) electrons. The molecule has 0 saturated heterocycles. The molecule has 1 saturated carbocycles. The summed E-state index contributed by atoms with van der Waals surface area (Å²) in [7, 11) is 3.89. The molecular weight excluding hydrogens is 371 g/mol. The van der Waals surface area contributed by atoms with Crippen LogP contribution in [0.4, 0.5) is 0 Å². The summed E-state index contributed by atoms with van der Waals surface area (Å²) in [5.41, 5.74) is 1.61. The van der Waals surface area contributed by atoms with Crippen LogP contribution in [0, 0.1) is 12.3 Å². The average molecular weight is 394 g/mol. The Hall–Kier alpha value is -0.370. The highest BCUT2D eigenvalue weighted by molar-refractivity contribution is 14.0. The lowest BCUT2D eigenvalue weighted by Crippen LogP contribution is -2.40. The Bertz CT molecular complexity index is 440. The van der Waals surface area contributed by atoms with Gasteiger partial charge in [0.15, 0.2) is 5.96 Å². The van der Waals surface area contributed by atoms with E-state index >= 15 is 0 Å². The molecule has 0 aromatic carbocycles. The molecule has 0 atom stereocenters. The molecule has 0 unspecified atom stereocenters. The van der Waals surface area contributed by atoms with Gasteiger partial charge in [-0.2, -0.15) is 0 Å². The molecule has 2 rings (SSSR count). The van der Waals surface area contributed by atoms with E-state index in [1.807, 2.05) is 14.0 Å². The van der Waals surface area contributed by atoms with Crippen LogP contribution in [0.1, 0.15) is 30.5 Å². The van der Waals surface area contributed by atoms with Crippen LogP contribution >= 0.6 is 35.3 Å². The molecule has 1 aromatic rings. The van der Waals surface area contributed by atoms with Crippen molar-refractivity contribution >= 4 is 41.3 Å². The maximum absolute atomic E-state index is 4.48. The number of aromatic nitrogens is 1. The number of halogens is 1. The van der Waals surface area contributed by atoms with E-state index in [4.69, 9.17) is 0 Å². The molecule has 0 amide bonds. The molecule has 19 heavy (non-hydrogen) atoms. The third kappa shape index (κ3) is 4.91. The van der Waals surface area contributed by atoms with Gasteiger partial charge in [0, 0.05) is 26.0 Å². The number of rotatable bonds is 4. The van der Waals surface area contributed by atoms with Gasteiger partial charge in [-0.25, -0.2) is 4.98 Å². The van der Waals surface area contributed by atoms with Crippen LogP contribution in [0.25, 0.3) is 0 Å². The first kappa shape index (κ1) is 16.7. The summed E-state index contributed by atoms with van der Waals surface area (Å²) in [5, 5.41) is 6.68. The third-order valence-electron chi connectivity index (χ3n) is 3.42. The molecule has 108 valence electrons. The van der Waals surface area contributed by atoms with Crippen molar-refractivity contribution in [3.63, 3.8) is 0 Å². The average Bonchev–Trinajstić information content (AvgIpc) is 2.92. The smallest absolute Gasteiger partial charge is 0.193 e. The molecule has 1 heterocycles. The van der Waals surface area contributed by atoms with Crippen molar-refractivity contribution < 1.29 is 0 Å². The number of hydrogen-bond acceptors (Lipinski definition) is 3. The van der Waals surface area contributed by atoms with Crippen molar-refractivity contribution in [3.05, 3.63) is 16.1 Å². The summed E-state index contributed by atoms with van der Waals surface area (Å²) in [6.45, 7) is 6.17. The summed E-state index contributed by atoms with van der Waals surface area (Å²) < 4.78 is 0. The van der Waals surface area contributed by atoms with Crippen LogP contribution in [0.2, 0.25) is 0 Å². The lowest BCUT2D eigenvalue weighted by Gasteiger charge is -2.22. The minimum atomic E-state index is 0. The van der Waals surface area contributed by atoms with Crippen LogP contribution in [-0.2, 0) is 6.54 Å². The van der Waals surface area contributed by atoms with E-state index in [-0.39, 0.29) is 24.0 Å². The Kier molecular flexibility index (Phi) is 6.04. The van der Waals surface area contributed by atoms with Crippen LogP contribution in [0.5, 0.6) is 0 Å². The Morgan fingerprint density at radius 1 is 1.58 bits per heavy atom. The Morgan fingerprint density at radius 3 is 2.74 bits per heavy atom. The maximum Gasteiger partial charge on any atom is 0.193 e. The lowest BCUT2D eigenvalue weighted by atomic mass is 10.1. The zero-order chi connectivity index (χ0) is 13.2. The molecule has 0 spiro atoms. The number of guanidine groups is 1. The molecule has 1 aliphatic rings. The second-order valence-electron chi connectivity index (χ2n) is 5.43. The van der Waals surface area contributed by atoms with E-state index in [9.17, 15) is 0 Å². The fourth-order valence-electron chi connectivity index (χ4n) is 1.87. The van der Waals surface area contributed by atoms with Crippen LogP contribution < -0.4 is 5.32 Å². The number of nitrogens with zero attached hydrogens (tertiary/aromatic N) is 3. The largest absolute Gasteiger partial charge is 0.356 e. The SMILES string of the molecule is CN=C(NCC1(C)CC1)N(C)Cc1csc(C)n1.I. The highest BCUT2D eigenvalue weighted by atomic mass is 127. The van der Waals surface area contributed by atoms with E-state index < -0.39 is 0 Å². The fourth-order valence-corrected chi connectivity index (χ4v) is 2.47. The molecule has 0 aliphatic heterocycles. The Labute approximate surface area is 136 Å². The summed E-state index contributed by atoms with van der Waals surface area (Å²) in [6.07, 6.45) is 2.65. The third-order valence-corrected chi connectivity index (χ3v) is 4.24. The summed E-state index contributed by atoms with van der Waals surface area (Å²) in [5.74, 6) is 0.953. The topological polar surface area (TPSA) is 40.5 Å². The van der Waals surface area contributed by atoms with Gasteiger partial charge < -0.3 is 10.2 Å². The summed E-state index contributed by atoms with van der Waals surface area (Å²) in [4.78, 5) is 10.9. The van der Waals surface area contributed by atoms with Crippen LogP contribution in [-0.4, -0.2) is 36.5 Å². The number of aryl methyl sites for hydroxylation is 1. The predicted octanol–water partition coefficient (Wildman–Crippen LogP) is 2.88. The van der Waals surface area contributed by atoms with Gasteiger partial charge in [0.05, 0.1) is 17.2 Å². The maximum atomic E-state index is 4.48. The Morgan fingerprint density at radius 2 is 2.26 bits per heavy atom. The van der Waals surface area contributed by atoms with Crippen LogP contribution in [0.15, 0.2) is 10.4 Å². The molecule has 0 bridgehead atoms. The Balaban J connectivity index is 0.00000180. The number of nitrogens with one attached hydrogen (secondary N) is 1. The van der Waals surface area contributed by atoms with E-state index in [0.717, 1.165) is 29.8 Å². The highest BCUT2D eigenvalue weighted by Gasteiger charge is 2.37. The zero-order valence-electron chi connectivity index (χ0n) is 12.1. The van der Waals surface area contributed by atoms with Crippen molar-refractivity contribution in [3.8, 4) is 0 Å². The first-order valence-corrected chi connectivity index (χ1v) is 7.23. The van der Waals surface area contributed by atoms with Crippen molar-refractivity contribution in [2.24, 2.45) is 10.4 Å². The second kappa shape index (κ2) is 6.88.